The second-order valence-electron chi connectivity index (χ2n) is 13.1. The van der Waals surface area contributed by atoms with Gasteiger partial charge in [-0.15, -0.1) is 22.7 Å². The van der Waals surface area contributed by atoms with Gasteiger partial charge in [-0.05, 0) is 65.2 Å². The summed E-state index contributed by atoms with van der Waals surface area (Å²) >= 11 is 4.96. The van der Waals surface area contributed by atoms with Crippen LogP contribution in [0.4, 0.5) is 21.9 Å². The number of nitriles is 1. The Labute approximate surface area is 325 Å². The van der Waals surface area contributed by atoms with Crippen molar-refractivity contribution in [3.63, 3.8) is 0 Å². The minimum Gasteiger partial charge on any atom is -0.382 e. The van der Waals surface area contributed by atoms with E-state index >= 15 is 0 Å². The number of rotatable bonds is 6. The van der Waals surface area contributed by atoms with E-state index in [1.807, 2.05) is 35.2 Å². The van der Waals surface area contributed by atoms with E-state index in [9.17, 15) is 9.59 Å². The zero-order valence-corrected chi connectivity index (χ0v) is 32.7. The molecule has 2 saturated carbocycles. The highest BCUT2D eigenvalue weighted by molar-refractivity contribution is 14.1. The number of hydrogen-bond donors (Lipinski definition) is 4. The molecule has 274 valence electrons. The van der Waals surface area contributed by atoms with E-state index in [4.69, 9.17) is 16.7 Å². The fourth-order valence-electron chi connectivity index (χ4n) is 6.90. The van der Waals surface area contributed by atoms with E-state index in [0.29, 0.717) is 36.6 Å². The smallest absolute Gasteiger partial charge is 0.236 e. The third-order valence-electron chi connectivity index (χ3n) is 9.59. The Morgan fingerprint density at radius 2 is 1.19 bits per heavy atom. The largest absolute Gasteiger partial charge is 0.382 e. The molecule has 0 saturated heterocycles. The number of amides is 2. The van der Waals surface area contributed by atoms with Crippen LogP contribution in [0.1, 0.15) is 80.7 Å². The number of carbonyl (C=O) groups is 2. The summed E-state index contributed by atoms with van der Waals surface area (Å²) < 4.78 is 4.64. The van der Waals surface area contributed by atoms with Gasteiger partial charge in [0.2, 0.25) is 17.6 Å². The van der Waals surface area contributed by atoms with E-state index in [1.54, 1.807) is 12.7 Å². The monoisotopic (exact) mass is 865 g/mol. The topological polar surface area (TPSA) is 247 Å². The van der Waals surface area contributed by atoms with Gasteiger partial charge in [0.25, 0.3) is 0 Å². The number of nitrogens with zero attached hydrogens (tertiary/aromatic N) is 11. The Morgan fingerprint density at radius 1 is 0.736 bits per heavy atom. The molecule has 6 N–H and O–H groups in total. The maximum Gasteiger partial charge on any atom is 0.236 e. The first kappa shape index (κ1) is 36.5. The summed E-state index contributed by atoms with van der Waals surface area (Å²) in [5.74, 6) is 0.728. The molecule has 6 heterocycles. The van der Waals surface area contributed by atoms with Crippen LogP contribution < -0.4 is 22.1 Å². The van der Waals surface area contributed by atoms with Crippen molar-refractivity contribution in [2.45, 2.75) is 77.3 Å². The van der Waals surface area contributed by atoms with Crippen molar-refractivity contribution in [2.24, 2.45) is 11.8 Å². The number of hydrogen-bond acceptors (Lipinski definition) is 15. The minimum absolute atomic E-state index is 0.0186. The maximum atomic E-state index is 12.5. The molecule has 8 rings (SSSR count). The molecule has 0 unspecified atom stereocenters. The van der Waals surface area contributed by atoms with Gasteiger partial charge in [0, 0.05) is 57.3 Å². The molecule has 53 heavy (non-hydrogen) atoms. The lowest BCUT2D eigenvalue weighted by Gasteiger charge is -2.28. The van der Waals surface area contributed by atoms with E-state index in [0.717, 1.165) is 68.4 Å². The second-order valence-corrected chi connectivity index (χ2v) is 15.8. The van der Waals surface area contributed by atoms with Crippen LogP contribution in [0.25, 0.3) is 22.3 Å². The number of thiazole rings is 2. The molecule has 0 radical (unpaired) electrons. The summed E-state index contributed by atoms with van der Waals surface area (Å²) in [5, 5.41) is 20.1. The molecule has 0 bridgehead atoms. The Balaban J connectivity index is 0.000000164. The summed E-state index contributed by atoms with van der Waals surface area (Å²) in [6, 6.07) is 2.37. The van der Waals surface area contributed by atoms with E-state index in [2.05, 4.69) is 77.7 Å². The molecule has 0 aliphatic heterocycles. The van der Waals surface area contributed by atoms with Gasteiger partial charge in [0.15, 0.2) is 37.0 Å². The van der Waals surface area contributed by atoms with Gasteiger partial charge in [-0.1, -0.05) is 0 Å². The number of fused-ring (bicyclic) bond motifs is 2. The van der Waals surface area contributed by atoms with Crippen molar-refractivity contribution in [1.29, 1.82) is 5.26 Å². The number of halogens is 1. The zero-order valence-electron chi connectivity index (χ0n) is 28.9. The van der Waals surface area contributed by atoms with Crippen molar-refractivity contribution in [3.8, 4) is 6.07 Å². The standard InChI is InChI=1S/C17H18N8OS.C16H18IN7OS/c1-9-7-27-17(21-9)24-16(26)10-2-4-11(5-3-10)25-8-20-13-14(19)22-12(6-18)23-15(13)25;1-8-6-26-16(20-8)23-14(25)9-2-4-10(5-3-9)24-7-19-11-12(18)21-15(17)22-13(11)24/h7-8,10-11H,2-5H2,1H3,(H2,19,22,23)(H,21,24,26);6-7,9-10H,2-5H2,1H3,(H2,18,21,22)(H,20,23,25). The molecule has 0 aromatic carbocycles. The lowest BCUT2D eigenvalue weighted by atomic mass is 9.85. The Hall–Kier alpha value is -4.88. The highest BCUT2D eigenvalue weighted by atomic mass is 127. The molecule has 17 nitrogen and oxygen atoms in total. The van der Waals surface area contributed by atoms with Crippen molar-refractivity contribution < 1.29 is 9.59 Å². The van der Waals surface area contributed by atoms with Crippen LogP contribution in [0.5, 0.6) is 0 Å². The minimum atomic E-state index is -0.0328. The number of anilines is 4. The number of nitrogen functional groups attached to an aromatic ring is 2. The fourth-order valence-corrected chi connectivity index (χ4v) is 8.77. The highest BCUT2D eigenvalue weighted by Crippen LogP contribution is 2.36. The highest BCUT2D eigenvalue weighted by Gasteiger charge is 2.30. The number of aromatic nitrogens is 10. The van der Waals surface area contributed by atoms with Crippen molar-refractivity contribution in [2.75, 3.05) is 22.1 Å². The third kappa shape index (κ3) is 8.06. The molecule has 2 aliphatic carbocycles. The summed E-state index contributed by atoms with van der Waals surface area (Å²) in [6.07, 6.45) is 10.1. The summed E-state index contributed by atoms with van der Waals surface area (Å²) in [5.41, 5.74) is 16.2. The lowest BCUT2D eigenvalue weighted by molar-refractivity contribution is -0.121. The predicted octanol–water partition coefficient (Wildman–Crippen LogP) is 5.56. The molecule has 20 heteroatoms. The predicted molar refractivity (Wildman–Crippen MR) is 210 cm³/mol. The molecule has 2 aliphatic rings. The Morgan fingerprint density at radius 3 is 1.62 bits per heavy atom. The number of aryl methyl sites for hydroxylation is 2. The average molecular weight is 866 g/mol. The Kier molecular flexibility index (Phi) is 10.7. The van der Waals surface area contributed by atoms with Gasteiger partial charge in [-0.3, -0.25) is 9.59 Å². The summed E-state index contributed by atoms with van der Waals surface area (Å²) in [4.78, 5) is 59.0. The number of imidazole rings is 2. The van der Waals surface area contributed by atoms with E-state index < -0.39 is 0 Å². The first-order valence-corrected chi connectivity index (χ1v) is 19.9. The van der Waals surface area contributed by atoms with Crippen molar-refractivity contribution in [3.05, 3.63) is 44.5 Å². The first-order chi connectivity index (χ1) is 25.6. The molecule has 2 amide bonds. The number of carbonyl (C=O) groups excluding carboxylic acids is 2. The second kappa shape index (κ2) is 15.6. The van der Waals surface area contributed by atoms with Crippen LogP contribution in [0.2, 0.25) is 0 Å². The van der Waals surface area contributed by atoms with Crippen LogP contribution in [-0.2, 0) is 9.59 Å². The first-order valence-electron chi connectivity index (χ1n) is 17.1. The molecule has 0 spiro atoms. The molecule has 6 aromatic heterocycles. The molecular formula is C33H36IN15O2S2. The number of nitrogens with one attached hydrogen (secondary N) is 2. The lowest BCUT2D eigenvalue weighted by Crippen LogP contribution is -2.28. The number of nitrogens with two attached hydrogens (primary N) is 2. The SMILES string of the molecule is Cc1csc(NC(=O)C2CCC(n3cnc4c(N)nc(C#N)nc43)CC2)n1.Cc1csc(NC(=O)C2CCC(n3cnc4c(N)nc(I)nc43)CC2)n1. The Bertz CT molecular complexity index is 2330. The van der Waals surface area contributed by atoms with Gasteiger partial charge >= 0.3 is 0 Å². The normalized spacial score (nSPS) is 20.0. The molecule has 6 aromatic rings. The van der Waals surface area contributed by atoms with Crippen LogP contribution in [0.3, 0.4) is 0 Å². The average Bonchev–Trinajstić information content (AvgIpc) is 3.96. The van der Waals surface area contributed by atoms with Gasteiger partial charge in [0.1, 0.15) is 17.1 Å². The zero-order chi connectivity index (χ0) is 37.2. The van der Waals surface area contributed by atoms with Crippen molar-refractivity contribution in [1.82, 2.24) is 49.0 Å². The van der Waals surface area contributed by atoms with Gasteiger partial charge in [0.05, 0.1) is 24.0 Å². The quantitative estimate of drug-likeness (QED) is 0.118. The van der Waals surface area contributed by atoms with Gasteiger partial charge < -0.3 is 31.2 Å². The molecule has 2 fully saturated rings. The fraction of sp³-hybridized carbons (Fsp3) is 0.424. The third-order valence-corrected chi connectivity index (χ3v) is 11.8. The maximum absolute atomic E-state index is 12.5. The van der Waals surface area contributed by atoms with E-state index in [-0.39, 0.29) is 47.4 Å². The molecular weight excluding hydrogens is 830 g/mol. The van der Waals surface area contributed by atoms with Crippen LogP contribution in [0.15, 0.2) is 23.4 Å². The van der Waals surface area contributed by atoms with Crippen LogP contribution in [0, 0.1) is 40.8 Å². The van der Waals surface area contributed by atoms with Crippen LogP contribution >= 0.6 is 45.3 Å². The van der Waals surface area contributed by atoms with E-state index in [1.165, 1.54) is 22.7 Å². The van der Waals surface area contributed by atoms with Crippen molar-refractivity contribution >= 4 is 101 Å². The van der Waals surface area contributed by atoms with Gasteiger partial charge in [-0.2, -0.15) is 15.2 Å². The van der Waals surface area contributed by atoms with Crippen LogP contribution in [-0.4, -0.2) is 60.8 Å². The summed E-state index contributed by atoms with van der Waals surface area (Å²) in [6.45, 7) is 3.82. The summed E-state index contributed by atoms with van der Waals surface area (Å²) in [7, 11) is 0. The molecule has 0 atom stereocenters. The van der Waals surface area contributed by atoms with Gasteiger partial charge in [-0.25, -0.2) is 29.9 Å².